The van der Waals surface area contributed by atoms with Crippen LogP contribution >= 0.6 is 0 Å². The summed E-state index contributed by atoms with van der Waals surface area (Å²) in [7, 11) is 6.80. The van der Waals surface area contributed by atoms with E-state index in [4.69, 9.17) is 14.2 Å². The molecule has 1 aromatic carbocycles. The zero-order valence-electron chi connectivity index (χ0n) is 16.8. The Morgan fingerprint density at radius 2 is 2.00 bits per heavy atom. The van der Waals surface area contributed by atoms with Gasteiger partial charge in [0.05, 0.1) is 13.2 Å². The minimum absolute atomic E-state index is 0.0273. The van der Waals surface area contributed by atoms with Gasteiger partial charge >= 0.3 is 0 Å². The summed E-state index contributed by atoms with van der Waals surface area (Å²) in [4.78, 5) is 17.3. The molecule has 0 aliphatic rings. The molecule has 152 valence electrons. The van der Waals surface area contributed by atoms with Crippen LogP contribution in [-0.2, 0) is 20.8 Å². The Morgan fingerprint density at radius 3 is 2.70 bits per heavy atom. The molecule has 0 spiro atoms. The predicted octanol–water partition coefficient (Wildman–Crippen LogP) is 0.872. The quantitative estimate of drug-likeness (QED) is 0.318. The van der Waals surface area contributed by atoms with Gasteiger partial charge in [0.25, 0.3) is 5.91 Å². The molecule has 0 bridgehead atoms. The first-order valence-corrected chi connectivity index (χ1v) is 9.00. The second-order valence-corrected chi connectivity index (χ2v) is 6.04. The Morgan fingerprint density at radius 1 is 1.19 bits per heavy atom. The molecule has 2 N–H and O–H groups in total. The van der Waals surface area contributed by atoms with Crippen molar-refractivity contribution in [3.8, 4) is 5.75 Å². The third kappa shape index (κ3) is 10.4. The van der Waals surface area contributed by atoms with Gasteiger partial charge in [-0.3, -0.25) is 9.79 Å². The number of nitrogens with one attached hydrogen (secondary N) is 2. The van der Waals surface area contributed by atoms with Gasteiger partial charge < -0.3 is 29.7 Å². The van der Waals surface area contributed by atoms with Crippen LogP contribution in [0.2, 0.25) is 0 Å². The Bertz CT molecular complexity index is 579. The van der Waals surface area contributed by atoms with E-state index >= 15 is 0 Å². The van der Waals surface area contributed by atoms with Gasteiger partial charge in [0.1, 0.15) is 5.75 Å². The monoisotopic (exact) mass is 380 g/mol. The van der Waals surface area contributed by atoms with E-state index in [-0.39, 0.29) is 12.5 Å². The number of carbonyl (C=O) groups excluding carboxylic acids is 1. The summed E-state index contributed by atoms with van der Waals surface area (Å²) >= 11 is 0. The zero-order valence-corrected chi connectivity index (χ0v) is 16.8. The van der Waals surface area contributed by atoms with Crippen LogP contribution in [0.4, 0.5) is 0 Å². The van der Waals surface area contributed by atoms with Gasteiger partial charge in [-0.05, 0) is 24.1 Å². The second kappa shape index (κ2) is 13.8. The summed E-state index contributed by atoms with van der Waals surface area (Å²) in [5.74, 6) is 1.32. The minimum atomic E-state index is -0.0747. The average molecular weight is 380 g/mol. The number of amides is 1. The molecule has 0 heterocycles. The van der Waals surface area contributed by atoms with E-state index in [0.717, 1.165) is 24.5 Å². The lowest BCUT2D eigenvalue weighted by Crippen LogP contribution is -2.37. The summed E-state index contributed by atoms with van der Waals surface area (Å²) in [6, 6.07) is 7.64. The maximum absolute atomic E-state index is 11.6. The molecule has 0 aromatic heterocycles. The number of nitrogens with zero attached hydrogens (tertiary/aromatic N) is 2. The van der Waals surface area contributed by atoms with Crippen LogP contribution in [0.3, 0.4) is 0 Å². The van der Waals surface area contributed by atoms with Crippen molar-refractivity contribution in [1.82, 2.24) is 15.5 Å². The van der Waals surface area contributed by atoms with E-state index in [9.17, 15) is 4.79 Å². The fraction of sp³-hybridized carbons (Fsp3) is 0.579. The first-order chi connectivity index (χ1) is 13.1. The van der Waals surface area contributed by atoms with Crippen molar-refractivity contribution in [3.05, 3.63) is 29.8 Å². The number of hydrogen-bond acceptors (Lipinski definition) is 5. The highest BCUT2D eigenvalue weighted by Gasteiger charge is 2.05. The molecule has 1 rings (SSSR count). The van der Waals surface area contributed by atoms with Crippen molar-refractivity contribution in [1.29, 1.82) is 0 Å². The summed E-state index contributed by atoms with van der Waals surface area (Å²) in [6.07, 6.45) is 0.883. The summed E-state index contributed by atoms with van der Waals surface area (Å²) in [5, 5.41) is 6.50. The molecule has 0 saturated heterocycles. The second-order valence-electron chi connectivity index (χ2n) is 6.04. The first kappa shape index (κ1) is 22.7. The number of hydrogen-bond donors (Lipinski definition) is 2. The maximum atomic E-state index is 11.6. The fourth-order valence-electron chi connectivity index (χ4n) is 2.05. The normalized spacial score (nSPS) is 11.2. The van der Waals surface area contributed by atoms with Gasteiger partial charge in [-0.1, -0.05) is 12.1 Å². The van der Waals surface area contributed by atoms with Gasteiger partial charge in [-0.25, -0.2) is 0 Å². The van der Waals surface area contributed by atoms with Gasteiger partial charge in [-0.15, -0.1) is 0 Å². The Kier molecular flexibility index (Phi) is 11.6. The third-order valence-corrected chi connectivity index (χ3v) is 3.63. The lowest BCUT2D eigenvalue weighted by molar-refractivity contribution is -0.130. The minimum Gasteiger partial charge on any atom is -0.484 e. The van der Waals surface area contributed by atoms with Gasteiger partial charge in [-0.2, -0.15) is 0 Å². The van der Waals surface area contributed by atoms with E-state index in [1.165, 1.54) is 4.90 Å². The smallest absolute Gasteiger partial charge is 0.259 e. The molecule has 27 heavy (non-hydrogen) atoms. The summed E-state index contributed by atoms with van der Waals surface area (Å²) < 4.78 is 15.9. The van der Waals surface area contributed by atoms with E-state index < -0.39 is 0 Å². The summed E-state index contributed by atoms with van der Waals surface area (Å²) in [6.45, 7) is 3.30. The molecule has 1 aromatic rings. The highest BCUT2D eigenvalue weighted by molar-refractivity contribution is 5.79. The molecule has 0 aliphatic carbocycles. The maximum Gasteiger partial charge on any atom is 0.259 e. The Labute approximate surface area is 161 Å². The highest BCUT2D eigenvalue weighted by Crippen LogP contribution is 2.13. The van der Waals surface area contributed by atoms with Crippen molar-refractivity contribution in [2.45, 2.75) is 13.0 Å². The van der Waals surface area contributed by atoms with Crippen LogP contribution < -0.4 is 15.4 Å². The number of guanidine groups is 1. The number of rotatable bonds is 12. The Hall–Kier alpha value is -2.32. The van der Waals surface area contributed by atoms with Gasteiger partial charge in [0.2, 0.25) is 0 Å². The molecular weight excluding hydrogens is 348 g/mol. The number of aliphatic imine (C=N–C) groups is 1. The van der Waals surface area contributed by atoms with Crippen LogP contribution in [0.15, 0.2) is 29.3 Å². The Balaban J connectivity index is 2.31. The molecule has 0 radical (unpaired) electrons. The molecule has 1 amide bonds. The number of likely N-dealkylation sites (N-methyl/N-ethyl adjacent to an activating group) is 1. The third-order valence-electron chi connectivity index (χ3n) is 3.63. The van der Waals surface area contributed by atoms with E-state index in [0.29, 0.717) is 32.1 Å². The molecule has 0 fully saturated rings. The topological polar surface area (TPSA) is 84.4 Å². The molecule has 0 unspecified atom stereocenters. The molecule has 0 saturated carbocycles. The molecular formula is C19H32N4O4. The molecule has 0 aliphatic heterocycles. The number of carbonyl (C=O) groups is 1. The van der Waals surface area contributed by atoms with Crippen LogP contribution in [0.25, 0.3) is 0 Å². The lowest BCUT2D eigenvalue weighted by atomic mass is 10.2. The predicted molar refractivity (Wildman–Crippen MR) is 106 cm³/mol. The fourth-order valence-corrected chi connectivity index (χ4v) is 2.05. The van der Waals surface area contributed by atoms with E-state index in [1.54, 1.807) is 28.3 Å². The van der Waals surface area contributed by atoms with Crippen molar-refractivity contribution >= 4 is 11.9 Å². The van der Waals surface area contributed by atoms with Crippen molar-refractivity contribution in [2.24, 2.45) is 4.99 Å². The first-order valence-electron chi connectivity index (χ1n) is 9.00. The SMILES string of the molecule is CN=C(NCCCOCCOC)NCc1cccc(OCC(=O)N(C)C)c1. The molecule has 0 atom stereocenters. The van der Waals surface area contributed by atoms with Crippen molar-refractivity contribution in [2.75, 3.05) is 61.2 Å². The number of methoxy groups -OCH3 is 1. The standard InChI is InChI=1S/C19H32N4O4/c1-20-19(21-9-6-10-26-12-11-25-4)22-14-16-7-5-8-17(13-16)27-15-18(24)23(2)3/h5,7-8,13H,6,9-12,14-15H2,1-4H3,(H2,20,21,22). The summed E-state index contributed by atoms with van der Waals surface area (Å²) in [5.41, 5.74) is 1.04. The lowest BCUT2D eigenvalue weighted by Gasteiger charge is -2.14. The van der Waals surface area contributed by atoms with E-state index in [1.807, 2.05) is 24.3 Å². The van der Waals surface area contributed by atoms with Crippen LogP contribution in [0.5, 0.6) is 5.75 Å². The number of ether oxygens (including phenoxy) is 3. The van der Waals surface area contributed by atoms with Gasteiger partial charge in [0.15, 0.2) is 12.6 Å². The van der Waals surface area contributed by atoms with Crippen LogP contribution in [0, 0.1) is 0 Å². The number of benzene rings is 1. The largest absolute Gasteiger partial charge is 0.484 e. The van der Waals surface area contributed by atoms with Crippen LogP contribution in [0.1, 0.15) is 12.0 Å². The van der Waals surface area contributed by atoms with E-state index in [2.05, 4.69) is 15.6 Å². The molecule has 8 nitrogen and oxygen atoms in total. The van der Waals surface area contributed by atoms with Gasteiger partial charge in [0, 0.05) is 47.9 Å². The highest BCUT2D eigenvalue weighted by atomic mass is 16.5. The average Bonchev–Trinajstić information content (AvgIpc) is 2.67. The zero-order chi connectivity index (χ0) is 19.9. The van der Waals surface area contributed by atoms with Crippen molar-refractivity contribution in [3.63, 3.8) is 0 Å². The van der Waals surface area contributed by atoms with Crippen molar-refractivity contribution < 1.29 is 19.0 Å². The molecule has 8 heteroatoms. The van der Waals surface area contributed by atoms with Crippen LogP contribution in [-0.4, -0.2) is 78.0 Å².